The normalized spacial score (nSPS) is 20.5. The Morgan fingerprint density at radius 1 is 1.44 bits per heavy atom. The first-order valence-electron chi connectivity index (χ1n) is 6.14. The Balaban J connectivity index is 2.22. The van der Waals surface area contributed by atoms with E-state index in [4.69, 9.17) is 0 Å². The fourth-order valence-electron chi connectivity index (χ4n) is 2.49. The summed E-state index contributed by atoms with van der Waals surface area (Å²) in [5.41, 5.74) is 0. The summed E-state index contributed by atoms with van der Waals surface area (Å²) in [6.07, 6.45) is 2.58. The number of anilines is 2. The fourth-order valence-corrected chi connectivity index (χ4v) is 2.49. The monoisotopic (exact) mass is 219 g/mol. The smallest absolute Gasteiger partial charge is 0.131 e. The molecule has 0 aromatic carbocycles. The van der Waals surface area contributed by atoms with E-state index < -0.39 is 0 Å². The molecule has 3 heteroatoms. The van der Waals surface area contributed by atoms with Crippen molar-refractivity contribution < 1.29 is 0 Å². The summed E-state index contributed by atoms with van der Waals surface area (Å²) in [6.45, 7) is 5.73. The topological polar surface area (TPSA) is 28.2 Å². The average Bonchev–Trinajstić information content (AvgIpc) is 2.78. The molecular formula is C13H21N3. The molecular weight excluding hydrogens is 198 g/mol. The molecule has 0 saturated carbocycles. The molecule has 1 aromatic heterocycles. The van der Waals surface area contributed by atoms with E-state index in [0.717, 1.165) is 18.2 Å². The molecule has 1 aliphatic rings. The van der Waals surface area contributed by atoms with Crippen molar-refractivity contribution in [2.45, 2.75) is 32.7 Å². The van der Waals surface area contributed by atoms with E-state index in [9.17, 15) is 0 Å². The summed E-state index contributed by atoms with van der Waals surface area (Å²) >= 11 is 0. The molecule has 0 amide bonds. The van der Waals surface area contributed by atoms with Crippen LogP contribution in [0, 0.1) is 5.92 Å². The van der Waals surface area contributed by atoms with E-state index in [0.29, 0.717) is 12.0 Å². The molecule has 0 spiro atoms. The van der Waals surface area contributed by atoms with E-state index in [2.05, 4.69) is 41.2 Å². The maximum Gasteiger partial charge on any atom is 0.131 e. The number of aromatic nitrogens is 1. The van der Waals surface area contributed by atoms with Crippen LogP contribution in [0.15, 0.2) is 18.2 Å². The Bertz CT molecular complexity index is 349. The second-order valence-corrected chi connectivity index (χ2v) is 4.78. The summed E-state index contributed by atoms with van der Waals surface area (Å²) in [5.74, 6) is 2.76. The molecule has 16 heavy (non-hydrogen) atoms. The zero-order valence-corrected chi connectivity index (χ0v) is 10.4. The van der Waals surface area contributed by atoms with E-state index in [-0.39, 0.29) is 0 Å². The lowest BCUT2D eigenvalue weighted by Crippen LogP contribution is -2.33. The summed E-state index contributed by atoms with van der Waals surface area (Å²) in [7, 11) is 1.91. The van der Waals surface area contributed by atoms with Gasteiger partial charge in [-0.2, -0.15) is 0 Å². The SMILES string of the molecule is CNc1cccc(N2CCCC2C(C)C)n1. The van der Waals surface area contributed by atoms with Crippen LogP contribution in [-0.2, 0) is 0 Å². The molecule has 2 heterocycles. The molecule has 2 rings (SSSR count). The highest BCUT2D eigenvalue weighted by Crippen LogP contribution is 2.28. The number of pyridine rings is 1. The van der Waals surface area contributed by atoms with Gasteiger partial charge in [0.05, 0.1) is 0 Å². The van der Waals surface area contributed by atoms with Crippen LogP contribution in [0.25, 0.3) is 0 Å². The van der Waals surface area contributed by atoms with Crippen molar-refractivity contribution in [2.75, 3.05) is 23.8 Å². The van der Waals surface area contributed by atoms with Gasteiger partial charge in [-0.3, -0.25) is 0 Å². The molecule has 0 aliphatic carbocycles. The highest BCUT2D eigenvalue weighted by molar-refractivity contribution is 5.48. The van der Waals surface area contributed by atoms with Crippen LogP contribution in [0.5, 0.6) is 0 Å². The first-order valence-corrected chi connectivity index (χ1v) is 6.14. The molecule has 1 atom stereocenters. The quantitative estimate of drug-likeness (QED) is 0.847. The van der Waals surface area contributed by atoms with Crippen LogP contribution in [0.2, 0.25) is 0 Å². The van der Waals surface area contributed by atoms with Crippen LogP contribution >= 0.6 is 0 Å². The fraction of sp³-hybridized carbons (Fsp3) is 0.615. The van der Waals surface area contributed by atoms with Crippen LogP contribution in [0.1, 0.15) is 26.7 Å². The minimum atomic E-state index is 0.652. The lowest BCUT2D eigenvalue weighted by atomic mass is 10.0. The summed E-state index contributed by atoms with van der Waals surface area (Å²) < 4.78 is 0. The minimum absolute atomic E-state index is 0.652. The Kier molecular flexibility index (Phi) is 3.32. The maximum absolute atomic E-state index is 4.62. The van der Waals surface area contributed by atoms with Crippen molar-refractivity contribution in [1.82, 2.24) is 4.98 Å². The third-order valence-electron chi connectivity index (χ3n) is 3.35. The second kappa shape index (κ2) is 4.73. The molecule has 0 bridgehead atoms. The van der Waals surface area contributed by atoms with Gasteiger partial charge in [-0.1, -0.05) is 19.9 Å². The third kappa shape index (κ3) is 2.13. The van der Waals surface area contributed by atoms with E-state index >= 15 is 0 Å². The summed E-state index contributed by atoms with van der Waals surface area (Å²) in [4.78, 5) is 7.07. The van der Waals surface area contributed by atoms with Gasteiger partial charge in [-0.15, -0.1) is 0 Å². The van der Waals surface area contributed by atoms with Crippen molar-refractivity contribution in [3.8, 4) is 0 Å². The second-order valence-electron chi connectivity index (χ2n) is 4.78. The van der Waals surface area contributed by atoms with E-state index in [1.807, 2.05) is 13.1 Å². The van der Waals surface area contributed by atoms with Gasteiger partial charge in [0.25, 0.3) is 0 Å². The summed E-state index contributed by atoms with van der Waals surface area (Å²) in [6, 6.07) is 6.84. The zero-order valence-electron chi connectivity index (χ0n) is 10.4. The molecule has 1 aliphatic heterocycles. The van der Waals surface area contributed by atoms with Crippen LogP contribution in [0.3, 0.4) is 0 Å². The molecule has 3 nitrogen and oxygen atoms in total. The Hall–Kier alpha value is -1.25. The molecule has 1 N–H and O–H groups in total. The van der Waals surface area contributed by atoms with Gasteiger partial charge in [-0.25, -0.2) is 4.98 Å². The summed E-state index contributed by atoms with van der Waals surface area (Å²) in [5, 5.41) is 3.10. The van der Waals surface area contributed by atoms with E-state index in [1.165, 1.54) is 12.8 Å². The van der Waals surface area contributed by atoms with E-state index in [1.54, 1.807) is 0 Å². The largest absolute Gasteiger partial charge is 0.373 e. The van der Waals surface area contributed by atoms with Crippen LogP contribution < -0.4 is 10.2 Å². The number of nitrogens with zero attached hydrogens (tertiary/aromatic N) is 2. The van der Waals surface area contributed by atoms with Gasteiger partial charge >= 0.3 is 0 Å². The lowest BCUT2D eigenvalue weighted by molar-refractivity contribution is 0.490. The average molecular weight is 219 g/mol. The molecule has 1 unspecified atom stereocenters. The van der Waals surface area contributed by atoms with Gasteiger partial charge in [0, 0.05) is 19.6 Å². The van der Waals surface area contributed by atoms with Gasteiger partial charge in [0.2, 0.25) is 0 Å². The Morgan fingerprint density at radius 2 is 2.25 bits per heavy atom. The predicted molar refractivity (Wildman–Crippen MR) is 69.0 cm³/mol. The maximum atomic E-state index is 4.62. The Labute approximate surface area is 97.9 Å². The van der Waals surface area contributed by atoms with Crippen molar-refractivity contribution >= 4 is 11.6 Å². The van der Waals surface area contributed by atoms with Gasteiger partial charge in [0.1, 0.15) is 11.6 Å². The van der Waals surface area contributed by atoms with Crippen molar-refractivity contribution in [3.05, 3.63) is 18.2 Å². The highest BCUT2D eigenvalue weighted by Gasteiger charge is 2.27. The van der Waals surface area contributed by atoms with Crippen molar-refractivity contribution in [2.24, 2.45) is 5.92 Å². The van der Waals surface area contributed by atoms with Gasteiger partial charge < -0.3 is 10.2 Å². The lowest BCUT2D eigenvalue weighted by Gasteiger charge is -2.28. The molecule has 88 valence electrons. The number of hydrogen-bond acceptors (Lipinski definition) is 3. The standard InChI is InChI=1S/C13H21N3/c1-10(2)11-6-5-9-16(11)13-8-4-7-12(14-3)15-13/h4,7-8,10-11H,5-6,9H2,1-3H3,(H,14,15). The highest BCUT2D eigenvalue weighted by atomic mass is 15.2. The number of nitrogens with one attached hydrogen (secondary N) is 1. The minimum Gasteiger partial charge on any atom is -0.373 e. The van der Waals surface area contributed by atoms with Gasteiger partial charge in [0.15, 0.2) is 0 Å². The first-order chi connectivity index (χ1) is 7.72. The Morgan fingerprint density at radius 3 is 2.94 bits per heavy atom. The van der Waals surface area contributed by atoms with Crippen LogP contribution in [-0.4, -0.2) is 24.6 Å². The van der Waals surface area contributed by atoms with Gasteiger partial charge in [-0.05, 0) is 30.9 Å². The first kappa shape index (κ1) is 11.2. The number of rotatable bonds is 3. The third-order valence-corrected chi connectivity index (χ3v) is 3.35. The van der Waals surface area contributed by atoms with Crippen molar-refractivity contribution in [3.63, 3.8) is 0 Å². The zero-order chi connectivity index (χ0) is 11.5. The molecule has 1 saturated heterocycles. The van der Waals surface area contributed by atoms with Crippen LogP contribution in [0.4, 0.5) is 11.6 Å². The molecule has 1 fully saturated rings. The molecule has 0 radical (unpaired) electrons. The number of hydrogen-bond donors (Lipinski definition) is 1. The molecule has 1 aromatic rings. The predicted octanol–water partition coefficient (Wildman–Crippen LogP) is 2.75. The van der Waals surface area contributed by atoms with Crippen molar-refractivity contribution in [1.29, 1.82) is 0 Å².